The summed E-state index contributed by atoms with van der Waals surface area (Å²) in [7, 11) is 0. The quantitative estimate of drug-likeness (QED) is 0.800. The molecule has 0 aliphatic rings. The van der Waals surface area contributed by atoms with Crippen LogP contribution in [0.4, 0.5) is 0 Å². The van der Waals surface area contributed by atoms with Crippen molar-refractivity contribution in [2.45, 2.75) is 13.5 Å². The Kier molecular flexibility index (Phi) is 4.40. The van der Waals surface area contributed by atoms with Gasteiger partial charge in [-0.05, 0) is 36.7 Å². The molecule has 0 aliphatic heterocycles. The molecule has 1 aromatic heterocycles. The molecule has 2 rings (SSSR count). The molecule has 0 bridgehead atoms. The topological polar surface area (TPSA) is 39.2 Å². The predicted molar refractivity (Wildman–Crippen MR) is 74.9 cm³/mol. The summed E-state index contributed by atoms with van der Waals surface area (Å²) in [6, 6.07) is 10.4. The Labute approximate surface area is 121 Å². The minimum atomic E-state index is -0.557. The first-order valence-corrected chi connectivity index (χ1v) is 6.37. The average molecular weight is 296 g/mol. The van der Waals surface area contributed by atoms with E-state index in [1.54, 1.807) is 24.3 Å². The maximum Gasteiger partial charge on any atom is 0.252 e. The Bertz CT molecular complexity index is 614. The third-order valence-corrected chi connectivity index (χ3v) is 3.12. The number of aromatic nitrogens is 1. The van der Waals surface area contributed by atoms with Crippen LogP contribution in [0.1, 0.15) is 21.6 Å². The van der Waals surface area contributed by atoms with E-state index in [0.29, 0.717) is 22.0 Å². The molecule has 0 amide bonds. The van der Waals surface area contributed by atoms with Gasteiger partial charge in [0.25, 0.3) is 5.24 Å². The highest BCUT2D eigenvalue weighted by molar-refractivity contribution is 6.68. The molecule has 0 saturated heterocycles. The molecule has 0 radical (unpaired) electrons. The van der Waals surface area contributed by atoms with Crippen molar-refractivity contribution in [2.75, 3.05) is 0 Å². The number of ether oxygens (including phenoxy) is 1. The van der Waals surface area contributed by atoms with Gasteiger partial charge in [-0.3, -0.25) is 4.79 Å². The zero-order valence-corrected chi connectivity index (χ0v) is 11.7. The van der Waals surface area contributed by atoms with Crippen LogP contribution in [0.25, 0.3) is 0 Å². The van der Waals surface area contributed by atoms with Crippen LogP contribution in [-0.2, 0) is 6.61 Å². The molecule has 2 aromatic rings. The molecular weight excluding hydrogens is 285 g/mol. The zero-order chi connectivity index (χ0) is 13.8. The first kappa shape index (κ1) is 13.8. The molecule has 5 heteroatoms. The van der Waals surface area contributed by atoms with Crippen molar-refractivity contribution in [1.82, 2.24) is 4.98 Å². The summed E-state index contributed by atoms with van der Waals surface area (Å²) in [5.41, 5.74) is 1.76. The van der Waals surface area contributed by atoms with Crippen LogP contribution in [0.5, 0.6) is 5.88 Å². The fourth-order valence-corrected chi connectivity index (χ4v) is 2.04. The van der Waals surface area contributed by atoms with Gasteiger partial charge < -0.3 is 4.74 Å². The fraction of sp³-hybridized carbons (Fsp3) is 0.143. The third kappa shape index (κ3) is 3.46. The van der Waals surface area contributed by atoms with Crippen molar-refractivity contribution in [1.29, 1.82) is 0 Å². The third-order valence-electron chi connectivity index (χ3n) is 2.56. The second kappa shape index (κ2) is 6.04. The van der Waals surface area contributed by atoms with Gasteiger partial charge in [0.2, 0.25) is 5.88 Å². The molecule has 0 atom stereocenters. The smallest absolute Gasteiger partial charge is 0.252 e. The maximum absolute atomic E-state index is 11.3. The number of benzene rings is 1. The van der Waals surface area contributed by atoms with Crippen molar-refractivity contribution in [2.24, 2.45) is 0 Å². The molecule has 19 heavy (non-hydrogen) atoms. The molecule has 0 aliphatic carbocycles. The normalized spacial score (nSPS) is 10.3. The first-order valence-electron chi connectivity index (χ1n) is 5.61. The van der Waals surface area contributed by atoms with Gasteiger partial charge in [0.05, 0.1) is 0 Å². The van der Waals surface area contributed by atoms with E-state index in [0.717, 1.165) is 5.69 Å². The second-order valence-corrected chi connectivity index (χ2v) is 4.70. The van der Waals surface area contributed by atoms with Crippen molar-refractivity contribution in [3.05, 3.63) is 58.2 Å². The molecule has 0 saturated carbocycles. The lowest BCUT2D eigenvalue weighted by molar-refractivity contribution is 0.107. The van der Waals surface area contributed by atoms with Crippen LogP contribution >= 0.6 is 23.2 Å². The van der Waals surface area contributed by atoms with Gasteiger partial charge in [-0.1, -0.05) is 23.7 Å². The van der Waals surface area contributed by atoms with Gasteiger partial charge in [0.15, 0.2) is 0 Å². The number of hydrogen-bond donors (Lipinski definition) is 0. The van der Waals surface area contributed by atoms with Gasteiger partial charge in [-0.15, -0.1) is 0 Å². The molecule has 0 fully saturated rings. The zero-order valence-electron chi connectivity index (χ0n) is 10.2. The van der Waals surface area contributed by atoms with E-state index in [-0.39, 0.29) is 6.61 Å². The highest BCUT2D eigenvalue weighted by Gasteiger charge is 2.13. The van der Waals surface area contributed by atoms with Gasteiger partial charge in [-0.2, -0.15) is 0 Å². The molecule has 0 N–H and O–H groups in total. The SMILES string of the molecule is Cc1cccc(OCc2c(Cl)cccc2C(=O)Cl)n1. The van der Waals surface area contributed by atoms with Gasteiger partial charge in [0.1, 0.15) is 6.61 Å². The van der Waals surface area contributed by atoms with Crippen LogP contribution in [0.2, 0.25) is 5.02 Å². The molecule has 0 spiro atoms. The van der Waals surface area contributed by atoms with Crippen molar-refractivity contribution in [3.8, 4) is 5.88 Å². The Morgan fingerprint density at radius 2 is 2.00 bits per heavy atom. The molecule has 0 unspecified atom stereocenters. The van der Waals surface area contributed by atoms with E-state index in [1.165, 1.54) is 0 Å². The lowest BCUT2D eigenvalue weighted by Crippen LogP contribution is -2.04. The van der Waals surface area contributed by atoms with Gasteiger partial charge in [0, 0.05) is 27.9 Å². The van der Waals surface area contributed by atoms with Crippen molar-refractivity contribution >= 4 is 28.4 Å². The predicted octanol–water partition coefficient (Wildman–Crippen LogP) is 4.00. The molecular formula is C14H11Cl2NO2. The second-order valence-electron chi connectivity index (χ2n) is 3.95. The number of pyridine rings is 1. The van der Waals surface area contributed by atoms with Crippen LogP contribution in [0.3, 0.4) is 0 Å². The minimum Gasteiger partial charge on any atom is -0.473 e. The molecule has 98 valence electrons. The average Bonchev–Trinajstić information content (AvgIpc) is 2.37. The van der Waals surface area contributed by atoms with E-state index in [2.05, 4.69) is 4.98 Å². The number of halogens is 2. The lowest BCUT2D eigenvalue weighted by Gasteiger charge is -2.10. The fourth-order valence-electron chi connectivity index (χ4n) is 1.63. The number of carbonyl (C=O) groups excluding carboxylic acids is 1. The number of hydrogen-bond acceptors (Lipinski definition) is 3. The summed E-state index contributed by atoms with van der Waals surface area (Å²) < 4.78 is 5.54. The van der Waals surface area contributed by atoms with E-state index in [9.17, 15) is 4.79 Å². The Balaban J connectivity index is 2.22. The summed E-state index contributed by atoms with van der Waals surface area (Å²) in [4.78, 5) is 15.5. The molecule has 3 nitrogen and oxygen atoms in total. The summed E-state index contributed by atoms with van der Waals surface area (Å²) in [6.07, 6.45) is 0. The van der Waals surface area contributed by atoms with Crippen molar-refractivity contribution < 1.29 is 9.53 Å². The van der Waals surface area contributed by atoms with Crippen LogP contribution in [0.15, 0.2) is 36.4 Å². The van der Waals surface area contributed by atoms with Gasteiger partial charge in [-0.25, -0.2) is 4.98 Å². The lowest BCUT2D eigenvalue weighted by atomic mass is 10.1. The Morgan fingerprint density at radius 1 is 1.26 bits per heavy atom. The van der Waals surface area contributed by atoms with E-state index >= 15 is 0 Å². The minimum absolute atomic E-state index is 0.143. The summed E-state index contributed by atoms with van der Waals surface area (Å²) in [6.45, 7) is 2.01. The summed E-state index contributed by atoms with van der Waals surface area (Å²) in [5.74, 6) is 0.480. The maximum atomic E-state index is 11.3. The largest absolute Gasteiger partial charge is 0.473 e. The standard InChI is InChI=1S/C14H11Cl2NO2/c1-9-4-2-7-13(17-9)19-8-11-10(14(16)18)5-3-6-12(11)15/h2-7H,8H2,1H3. The van der Waals surface area contributed by atoms with Crippen LogP contribution < -0.4 is 4.74 Å². The summed E-state index contributed by atoms with van der Waals surface area (Å²) in [5, 5.41) is -0.113. The number of nitrogens with zero attached hydrogens (tertiary/aromatic N) is 1. The number of aryl methyl sites for hydroxylation is 1. The van der Waals surface area contributed by atoms with Crippen molar-refractivity contribution in [3.63, 3.8) is 0 Å². The monoisotopic (exact) mass is 295 g/mol. The van der Waals surface area contributed by atoms with Gasteiger partial charge >= 0.3 is 0 Å². The van der Waals surface area contributed by atoms with E-state index in [4.69, 9.17) is 27.9 Å². The Morgan fingerprint density at radius 3 is 2.68 bits per heavy atom. The number of rotatable bonds is 4. The first-order chi connectivity index (χ1) is 9.08. The van der Waals surface area contributed by atoms with E-state index < -0.39 is 5.24 Å². The highest BCUT2D eigenvalue weighted by Crippen LogP contribution is 2.23. The highest BCUT2D eigenvalue weighted by atomic mass is 35.5. The van der Waals surface area contributed by atoms with Crippen LogP contribution in [0, 0.1) is 6.92 Å². The molecule has 1 heterocycles. The molecule has 1 aromatic carbocycles. The van der Waals surface area contributed by atoms with Crippen LogP contribution in [-0.4, -0.2) is 10.2 Å². The summed E-state index contributed by atoms with van der Waals surface area (Å²) >= 11 is 11.6. The number of carbonyl (C=O) groups is 1. The van der Waals surface area contributed by atoms with E-state index in [1.807, 2.05) is 19.1 Å². The Hall–Kier alpha value is -1.58.